The first-order valence-corrected chi connectivity index (χ1v) is 8.71. The number of carboxylic acid groups (broad SMARTS) is 1. The number of aromatic carboxylic acids is 1. The zero-order valence-electron chi connectivity index (χ0n) is 13.5. The van der Waals surface area contributed by atoms with Crippen molar-refractivity contribution in [3.63, 3.8) is 0 Å². The lowest BCUT2D eigenvalue weighted by Crippen LogP contribution is -2.58. The quantitative estimate of drug-likeness (QED) is 0.579. The van der Waals surface area contributed by atoms with Crippen molar-refractivity contribution in [1.82, 2.24) is 5.32 Å². The average molecular weight is 331 g/mol. The van der Waals surface area contributed by atoms with E-state index in [-0.39, 0.29) is 23.5 Å². The van der Waals surface area contributed by atoms with Gasteiger partial charge in [0.15, 0.2) is 0 Å². The van der Waals surface area contributed by atoms with Gasteiger partial charge in [0.05, 0.1) is 17.5 Å². The summed E-state index contributed by atoms with van der Waals surface area (Å²) in [6.45, 7) is -2.55. The van der Waals surface area contributed by atoms with E-state index in [1.807, 2.05) is 6.07 Å². The van der Waals surface area contributed by atoms with Crippen molar-refractivity contribution in [3.05, 3.63) is 35.7 Å². The van der Waals surface area contributed by atoms with Gasteiger partial charge < -0.3 is 31.2 Å². The molecule has 0 aromatic heterocycles. The first-order chi connectivity index (χ1) is 11.5. The SMILES string of the molecule is O=C(O)c1cccc2c1O[B@@-]1(O)OC(CC3CC[CH-]CC3)N[C@H]1C2. The maximum absolute atomic E-state index is 11.4. The van der Waals surface area contributed by atoms with Crippen LogP contribution in [0.1, 0.15) is 48.0 Å². The molecule has 6 nitrogen and oxygen atoms in total. The molecule has 7 heteroatoms. The van der Waals surface area contributed by atoms with Gasteiger partial charge in [-0.05, 0) is 36.3 Å². The minimum Gasteiger partial charge on any atom is -0.668 e. The van der Waals surface area contributed by atoms with Gasteiger partial charge >= 0.3 is 12.7 Å². The number of rotatable bonds is 3. The highest BCUT2D eigenvalue weighted by Crippen LogP contribution is 2.38. The van der Waals surface area contributed by atoms with Gasteiger partial charge in [-0.1, -0.05) is 25.0 Å². The number of hydrogen-bond donors (Lipinski definition) is 3. The lowest BCUT2D eigenvalue weighted by atomic mass is 9.65. The lowest BCUT2D eigenvalue weighted by Gasteiger charge is -2.41. The maximum Gasteiger partial charge on any atom is 0.450 e. The van der Waals surface area contributed by atoms with E-state index in [2.05, 4.69) is 11.7 Å². The zero-order chi connectivity index (χ0) is 16.7. The molecule has 0 spiro atoms. The molecular weight excluding hydrogens is 309 g/mol. The van der Waals surface area contributed by atoms with Crippen LogP contribution in [-0.2, 0) is 11.1 Å². The van der Waals surface area contributed by atoms with Gasteiger partial charge in [-0.25, -0.2) is 4.79 Å². The second-order valence-electron chi connectivity index (χ2n) is 7.09. The van der Waals surface area contributed by atoms with Crippen LogP contribution in [0.25, 0.3) is 0 Å². The number of benzene rings is 1. The summed E-state index contributed by atoms with van der Waals surface area (Å²) in [6.07, 6.45) is 8.01. The normalized spacial score (nSPS) is 32.7. The van der Waals surface area contributed by atoms with E-state index < -0.39 is 12.7 Å². The van der Waals surface area contributed by atoms with Crippen LogP contribution in [0.15, 0.2) is 18.2 Å². The zero-order valence-corrected chi connectivity index (χ0v) is 13.5. The Balaban J connectivity index is 1.51. The molecule has 2 heterocycles. The molecule has 1 saturated carbocycles. The number of nitrogens with one attached hydrogen (secondary N) is 1. The summed E-state index contributed by atoms with van der Waals surface area (Å²) in [6, 6.07) is 5.03. The molecule has 1 aliphatic carbocycles. The fourth-order valence-corrected chi connectivity index (χ4v) is 4.16. The molecule has 0 bridgehead atoms. The Hall–Kier alpha value is -1.57. The van der Waals surface area contributed by atoms with Crippen molar-refractivity contribution in [2.24, 2.45) is 5.92 Å². The van der Waals surface area contributed by atoms with Crippen LogP contribution in [0.2, 0.25) is 0 Å². The molecule has 130 valence electrons. The summed E-state index contributed by atoms with van der Waals surface area (Å²) in [5.41, 5.74) is 0.853. The Labute approximate surface area is 141 Å². The minimum absolute atomic E-state index is 0.0658. The van der Waals surface area contributed by atoms with Crippen molar-refractivity contribution in [2.75, 3.05) is 0 Å². The van der Waals surface area contributed by atoms with Gasteiger partial charge in [0.1, 0.15) is 0 Å². The molecule has 0 radical (unpaired) electrons. The summed E-state index contributed by atoms with van der Waals surface area (Å²) >= 11 is 0. The Bertz CT molecular complexity index is 648. The van der Waals surface area contributed by atoms with Crippen molar-refractivity contribution in [3.8, 4) is 5.75 Å². The third-order valence-electron chi connectivity index (χ3n) is 5.43. The molecular formula is C17H22BNO5-2. The van der Waals surface area contributed by atoms with E-state index >= 15 is 0 Å². The summed E-state index contributed by atoms with van der Waals surface area (Å²) in [4.78, 5) is 11.4. The fraction of sp³-hybridized carbons (Fsp3) is 0.529. The van der Waals surface area contributed by atoms with Crippen LogP contribution < -0.4 is 9.97 Å². The van der Waals surface area contributed by atoms with E-state index in [1.54, 1.807) is 6.07 Å². The molecule has 1 unspecified atom stereocenters. The monoisotopic (exact) mass is 331 g/mol. The second kappa shape index (κ2) is 6.06. The first kappa shape index (κ1) is 15.9. The Morgan fingerprint density at radius 3 is 2.92 bits per heavy atom. The van der Waals surface area contributed by atoms with Gasteiger partial charge in [-0.15, -0.1) is 0 Å². The molecule has 1 aromatic rings. The molecule has 1 saturated heterocycles. The predicted octanol–water partition coefficient (Wildman–Crippen LogP) is 1.89. The third kappa shape index (κ3) is 2.81. The second-order valence-corrected chi connectivity index (χ2v) is 7.09. The van der Waals surface area contributed by atoms with Crippen molar-refractivity contribution >= 4 is 12.7 Å². The fourth-order valence-electron chi connectivity index (χ4n) is 4.16. The predicted molar refractivity (Wildman–Crippen MR) is 88.4 cm³/mol. The summed E-state index contributed by atoms with van der Waals surface area (Å²) in [7, 11) is 0. The standard InChI is InChI=1S/C17H22BNO5/c20-17(21)13-8-4-7-12-10-14-18(22,24-16(12)13)23-15(19-14)9-11-5-2-1-3-6-11/h1,4,7-8,11,14-15,19,22H,2-3,5-6,9-10H2,(H,20,21)/q-2/t14-,15?,18-/m0/s1. The van der Waals surface area contributed by atoms with Crippen LogP contribution in [-0.4, -0.2) is 35.0 Å². The number of para-hydroxylation sites is 1. The van der Waals surface area contributed by atoms with Crippen LogP contribution in [0.3, 0.4) is 0 Å². The van der Waals surface area contributed by atoms with Gasteiger partial charge in [0.2, 0.25) is 0 Å². The number of carbonyl (C=O) groups is 1. The molecule has 24 heavy (non-hydrogen) atoms. The van der Waals surface area contributed by atoms with E-state index in [4.69, 9.17) is 9.31 Å². The molecule has 3 N–H and O–H groups in total. The van der Waals surface area contributed by atoms with Gasteiger partial charge in [-0.2, -0.15) is 12.8 Å². The Kier molecular flexibility index (Phi) is 4.02. The summed E-state index contributed by atoms with van der Waals surface area (Å²) in [5, 5.41) is 23.5. The molecule has 4 rings (SSSR count). The van der Waals surface area contributed by atoms with Crippen molar-refractivity contribution < 1.29 is 24.2 Å². The van der Waals surface area contributed by atoms with Crippen LogP contribution in [0.5, 0.6) is 5.75 Å². The van der Waals surface area contributed by atoms with Crippen LogP contribution in [0, 0.1) is 12.3 Å². The average Bonchev–Trinajstić information content (AvgIpc) is 2.87. The van der Waals surface area contributed by atoms with Crippen molar-refractivity contribution in [1.29, 1.82) is 0 Å². The largest absolute Gasteiger partial charge is 0.668 e. The lowest BCUT2D eigenvalue weighted by molar-refractivity contribution is 0.0690. The highest BCUT2D eigenvalue weighted by molar-refractivity contribution is 6.63. The van der Waals surface area contributed by atoms with Crippen molar-refractivity contribution in [2.45, 2.75) is 50.7 Å². The van der Waals surface area contributed by atoms with E-state index in [0.29, 0.717) is 12.3 Å². The highest BCUT2D eigenvalue weighted by atomic mass is 16.7. The molecule has 0 amide bonds. The topological polar surface area (TPSA) is 88.0 Å². The van der Waals surface area contributed by atoms with Crippen LogP contribution in [0.4, 0.5) is 0 Å². The third-order valence-corrected chi connectivity index (χ3v) is 5.43. The van der Waals surface area contributed by atoms with E-state index in [9.17, 15) is 14.9 Å². The number of hydrogen-bond acceptors (Lipinski definition) is 5. The Morgan fingerprint density at radius 2 is 2.17 bits per heavy atom. The minimum atomic E-state index is -2.55. The molecule has 3 atom stereocenters. The molecule has 2 aliphatic heterocycles. The maximum atomic E-state index is 11.4. The van der Waals surface area contributed by atoms with E-state index in [0.717, 1.165) is 37.7 Å². The van der Waals surface area contributed by atoms with E-state index in [1.165, 1.54) is 6.07 Å². The number of carboxylic acids is 1. The molecule has 3 aliphatic rings. The smallest absolute Gasteiger partial charge is 0.450 e. The highest BCUT2D eigenvalue weighted by Gasteiger charge is 2.49. The summed E-state index contributed by atoms with van der Waals surface area (Å²) in [5.74, 6) is -0.574. The van der Waals surface area contributed by atoms with Gasteiger partial charge in [0.25, 0.3) is 0 Å². The Morgan fingerprint density at radius 1 is 1.38 bits per heavy atom. The van der Waals surface area contributed by atoms with Gasteiger partial charge in [-0.3, -0.25) is 0 Å². The number of fused-ring (bicyclic) bond motifs is 2. The van der Waals surface area contributed by atoms with Crippen LogP contribution >= 0.6 is 0 Å². The molecule has 1 aromatic carbocycles. The van der Waals surface area contributed by atoms with Gasteiger partial charge in [0, 0.05) is 0 Å². The first-order valence-electron chi connectivity index (χ1n) is 8.71. The molecule has 2 fully saturated rings. The summed E-state index contributed by atoms with van der Waals surface area (Å²) < 4.78 is 11.5.